The van der Waals surface area contributed by atoms with E-state index in [4.69, 9.17) is 19.3 Å². The van der Waals surface area contributed by atoms with Crippen LogP contribution in [0.1, 0.15) is 85.5 Å². The van der Waals surface area contributed by atoms with E-state index < -0.39 is 13.9 Å². The lowest BCUT2D eigenvalue weighted by Gasteiger charge is -2.24. The zero-order valence-electron chi connectivity index (χ0n) is 16.1. The maximum absolute atomic E-state index is 10.7. The molecule has 0 spiro atoms. The normalized spacial score (nSPS) is 13.3. The molecule has 0 saturated heterocycles. The molecule has 144 valence electrons. The monoisotopic (exact) mass is 365 g/mol. The van der Waals surface area contributed by atoms with E-state index in [0.717, 1.165) is 51.7 Å². The highest BCUT2D eigenvalue weighted by Crippen LogP contribution is 2.30. The lowest BCUT2D eigenvalue weighted by molar-refractivity contribution is 0.0823. The van der Waals surface area contributed by atoms with Crippen LogP contribution < -0.4 is 0 Å². The van der Waals surface area contributed by atoms with Crippen LogP contribution in [0.5, 0.6) is 0 Å². The van der Waals surface area contributed by atoms with Gasteiger partial charge in [-0.2, -0.15) is 0 Å². The Bertz CT molecular complexity index is 331. The minimum absolute atomic E-state index is 0.297. The first-order valence-corrected chi connectivity index (χ1v) is 10.4. The van der Waals surface area contributed by atoms with Crippen LogP contribution in [0, 0.1) is 5.41 Å². The van der Waals surface area contributed by atoms with Crippen LogP contribution in [0.4, 0.5) is 0 Å². The second-order valence-corrected chi connectivity index (χ2v) is 8.62. The molecule has 0 amide bonds. The van der Waals surface area contributed by atoms with Gasteiger partial charge in [0.25, 0.3) is 0 Å². The van der Waals surface area contributed by atoms with Gasteiger partial charge in [0.15, 0.2) is 0 Å². The topological polar surface area (TPSA) is 76.0 Å². The first kappa shape index (κ1) is 23.9. The number of hydrogen-bond donors (Lipinski definition) is 2. The van der Waals surface area contributed by atoms with Crippen molar-refractivity contribution in [2.45, 2.75) is 91.1 Å². The van der Waals surface area contributed by atoms with Crippen molar-refractivity contribution in [1.82, 2.24) is 0 Å². The summed E-state index contributed by atoms with van der Waals surface area (Å²) in [5.41, 5.74) is -0.196. The van der Waals surface area contributed by atoms with Crippen molar-refractivity contribution in [3.8, 4) is 0 Å². The third-order valence-corrected chi connectivity index (χ3v) is 4.95. The fourth-order valence-corrected chi connectivity index (χ4v) is 3.28. The number of aliphatic hydroxyl groups excluding tert-OH is 1. The molecule has 0 bridgehead atoms. The largest absolute Gasteiger partial charge is 0.695 e. The zero-order valence-corrected chi connectivity index (χ0v) is 16.9. The Balaban J connectivity index is 3.49. The van der Waals surface area contributed by atoms with Gasteiger partial charge < -0.3 is 9.84 Å². The molecule has 24 heavy (non-hydrogen) atoms. The minimum atomic E-state index is -2.53. The number of hydrogen-bond acceptors (Lipinski definition) is 4. The SMILES string of the molecule is CC(C)(CCCCO)CCCCOCCCCC(C)(C)O[P+](=O)O. The zero-order chi connectivity index (χ0) is 18.5. The molecule has 1 unspecified atom stereocenters. The predicted octanol–water partition coefficient (Wildman–Crippen LogP) is 4.98. The first-order chi connectivity index (χ1) is 11.2. The summed E-state index contributed by atoms with van der Waals surface area (Å²) in [6.45, 7) is 10.1. The van der Waals surface area contributed by atoms with Crippen LogP contribution in [-0.4, -0.2) is 35.4 Å². The molecule has 0 rings (SSSR count). The predicted molar refractivity (Wildman–Crippen MR) is 98.2 cm³/mol. The minimum Gasteiger partial charge on any atom is -0.396 e. The van der Waals surface area contributed by atoms with Gasteiger partial charge in [0.05, 0.1) is 0 Å². The highest BCUT2D eigenvalue weighted by Gasteiger charge is 2.30. The average molecular weight is 365 g/mol. The quantitative estimate of drug-likeness (QED) is 0.298. The van der Waals surface area contributed by atoms with Crippen molar-refractivity contribution >= 4 is 8.25 Å². The summed E-state index contributed by atoms with van der Waals surface area (Å²) in [6, 6.07) is 0. The second kappa shape index (κ2) is 13.2. The van der Waals surface area contributed by atoms with Crippen molar-refractivity contribution in [2.24, 2.45) is 5.41 Å². The van der Waals surface area contributed by atoms with Crippen molar-refractivity contribution in [1.29, 1.82) is 0 Å². The van der Waals surface area contributed by atoms with Gasteiger partial charge in [-0.15, -0.1) is 9.42 Å². The second-order valence-electron chi connectivity index (χ2n) is 7.96. The van der Waals surface area contributed by atoms with E-state index in [1.54, 1.807) is 0 Å². The van der Waals surface area contributed by atoms with Gasteiger partial charge in [0.1, 0.15) is 5.60 Å². The number of aliphatic hydroxyl groups is 1. The molecule has 0 saturated carbocycles. The molecule has 0 aliphatic heterocycles. The molecular formula is C18H38O5P+. The molecule has 2 N–H and O–H groups in total. The molecule has 0 aromatic heterocycles. The van der Waals surface area contributed by atoms with E-state index in [2.05, 4.69) is 13.8 Å². The van der Waals surface area contributed by atoms with Gasteiger partial charge in [-0.1, -0.05) is 26.7 Å². The lowest BCUT2D eigenvalue weighted by atomic mass is 9.82. The molecule has 0 radical (unpaired) electrons. The van der Waals surface area contributed by atoms with Crippen molar-refractivity contribution in [2.75, 3.05) is 19.8 Å². The number of ether oxygens (including phenoxy) is 1. The van der Waals surface area contributed by atoms with Gasteiger partial charge in [-0.05, 0) is 64.2 Å². The molecule has 0 aliphatic rings. The summed E-state index contributed by atoms with van der Waals surface area (Å²) < 4.78 is 21.3. The molecule has 6 heteroatoms. The first-order valence-electron chi connectivity index (χ1n) is 9.22. The molecular weight excluding hydrogens is 327 g/mol. The highest BCUT2D eigenvalue weighted by atomic mass is 31.1. The molecule has 5 nitrogen and oxygen atoms in total. The Labute approximate surface area is 149 Å². The van der Waals surface area contributed by atoms with Crippen LogP contribution in [0.2, 0.25) is 0 Å². The van der Waals surface area contributed by atoms with E-state index in [9.17, 15) is 4.57 Å². The lowest BCUT2D eigenvalue weighted by Crippen LogP contribution is -2.21. The summed E-state index contributed by atoms with van der Waals surface area (Å²) in [5.74, 6) is 0. The standard InChI is InChI=1S/C18H37O5P/c1-17(2,11-5-8-14-19)12-6-9-15-22-16-10-7-13-18(3,4)23-24(20)21/h19H,5-16H2,1-4H3/p+1. The maximum Gasteiger partial charge on any atom is 0.695 e. The van der Waals surface area contributed by atoms with Crippen LogP contribution in [0.15, 0.2) is 0 Å². The Kier molecular flexibility index (Phi) is 13.2. The van der Waals surface area contributed by atoms with Gasteiger partial charge in [0.2, 0.25) is 0 Å². The molecule has 0 fully saturated rings. The highest BCUT2D eigenvalue weighted by molar-refractivity contribution is 7.32. The van der Waals surface area contributed by atoms with Crippen LogP contribution in [-0.2, 0) is 13.8 Å². The van der Waals surface area contributed by atoms with Crippen LogP contribution >= 0.6 is 8.25 Å². The summed E-state index contributed by atoms with van der Waals surface area (Å²) >= 11 is 0. The summed E-state index contributed by atoms with van der Waals surface area (Å²) in [5, 5.41) is 8.83. The fourth-order valence-electron chi connectivity index (χ4n) is 2.76. The Hall–Kier alpha value is -0.0600. The van der Waals surface area contributed by atoms with Gasteiger partial charge in [0, 0.05) is 24.4 Å². The Morgan fingerprint density at radius 3 is 1.83 bits per heavy atom. The number of unbranched alkanes of at least 4 members (excludes halogenated alkanes) is 3. The maximum atomic E-state index is 10.7. The summed E-state index contributed by atoms with van der Waals surface area (Å²) in [6.07, 6.45) is 9.27. The summed E-state index contributed by atoms with van der Waals surface area (Å²) in [7, 11) is -2.53. The third-order valence-electron chi connectivity index (χ3n) is 4.30. The molecule has 0 aromatic rings. The van der Waals surface area contributed by atoms with Gasteiger partial charge in [-0.3, -0.25) is 0 Å². The van der Waals surface area contributed by atoms with Crippen molar-refractivity contribution < 1.29 is 23.8 Å². The van der Waals surface area contributed by atoms with Crippen LogP contribution in [0.25, 0.3) is 0 Å². The van der Waals surface area contributed by atoms with E-state index in [-0.39, 0.29) is 0 Å². The van der Waals surface area contributed by atoms with E-state index in [1.807, 2.05) is 13.8 Å². The Morgan fingerprint density at radius 1 is 0.833 bits per heavy atom. The van der Waals surface area contributed by atoms with Crippen molar-refractivity contribution in [3.05, 3.63) is 0 Å². The summed E-state index contributed by atoms with van der Waals surface area (Å²) in [4.78, 5) is 8.78. The van der Waals surface area contributed by atoms with Gasteiger partial charge in [-0.25, -0.2) is 0 Å². The van der Waals surface area contributed by atoms with E-state index >= 15 is 0 Å². The Morgan fingerprint density at radius 2 is 1.33 bits per heavy atom. The molecule has 1 atom stereocenters. The van der Waals surface area contributed by atoms with E-state index in [0.29, 0.717) is 12.0 Å². The molecule has 0 aromatic carbocycles. The number of rotatable bonds is 16. The molecule has 0 aliphatic carbocycles. The molecule has 0 heterocycles. The van der Waals surface area contributed by atoms with E-state index in [1.165, 1.54) is 19.3 Å². The van der Waals surface area contributed by atoms with Crippen LogP contribution in [0.3, 0.4) is 0 Å². The average Bonchev–Trinajstić information content (AvgIpc) is 2.44. The van der Waals surface area contributed by atoms with Gasteiger partial charge >= 0.3 is 8.25 Å². The third kappa shape index (κ3) is 15.5. The fraction of sp³-hybridized carbons (Fsp3) is 1.00. The van der Waals surface area contributed by atoms with Crippen molar-refractivity contribution in [3.63, 3.8) is 0 Å². The smallest absolute Gasteiger partial charge is 0.396 e.